The standard InChI is InChI=1S/C10H13FN2/c1-7-4-5-8(6-9(7)11)10(12)13(2)3/h4-6,12H,1-3H3. The molecule has 3 heteroatoms. The molecule has 0 amide bonds. The molecule has 0 aliphatic carbocycles. The lowest BCUT2D eigenvalue weighted by molar-refractivity contribution is 0.608. The van der Waals surface area contributed by atoms with E-state index >= 15 is 0 Å². The Balaban J connectivity index is 3.04. The van der Waals surface area contributed by atoms with Crippen molar-refractivity contribution in [2.45, 2.75) is 6.92 Å². The van der Waals surface area contributed by atoms with E-state index in [4.69, 9.17) is 5.41 Å². The monoisotopic (exact) mass is 180 g/mol. The first-order chi connectivity index (χ1) is 6.02. The molecule has 0 spiro atoms. The van der Waals surface area contributed by atoms with Gasteiger partial charge in [-0.25, -0.2) is 4.39 Å². The fourth-order valence-corrected chi connectivity index (χ4v) is 0.998. The van der Waals surface area contributed by atoms with E-state index in [0.717, 1.165) is 0 Å². The zero-order chi connectivity index (χ0) is 10.0. The van der Waals surface area contributed by atoms with Gasteiger partial charge in [0.15, 0.2) is 0 Å². The Labute approximate surface area is 77.5 Å². The second kappa shape index (κ2) is 3.56. The van der Waals surface area contributed by atoms with Crippen LogP contribution in [-0.4, -0.2) is 24.8 Å². The van der Waals surface area contributed by atoms with Gasteiger partial charge in [-0.15, -0.1) is 0 Å². The Morgan fingerprint density at radius 1 is 1.38 bits per heavy atom. The third-order valence-electron chi connectivity index (χ3n) is 1.89. The summed E-state index contributed by atoms with van der Waals surface area (Å²) in [7, 11) is 3.53. The molecular formula is C10H13FN2. The molecule has 70 valence electrons. The zero-order valence-electron chi connectivity index (χ0n) is 8.06. The van der Waals surface area contributed by atoms with Gasteiger partial charge in [-0.05, 0) is 18.6 Å². The highest BCUT2D eigenvalue weighted by molar-refractivity contribution is 5.96. The van der Waals surface area contributed by atoms with Crippen molar-refractivity contribution in [3.8, 4) is 0 Å². The van der Waals surface area contributed by atoms with Crippen LogP contribution in [0.15, 0.2) is 18.2 Å². The topological polar surface area (TPSA) is 27.1 Å². The van der Waals surface area contributed by atoms with Crippen molar-refractivity contribution in [2.24, 2.45) is 0 Å². The summed E-state index contributed by atoms with van der Waals surface area (Å²) in [6, 6.07) is 4.82. The second-order valence-electron chi connectivity index (χ2n) is 3.21. The summed E-state index contributed by atoms with van der Waals surface area (Å²) < 4.78 is 13.1. The van der Waals surface area contributed by atoms with Crippen LogP contribution < -0.4 is 0 Å². The molecule has 0 aliphatic heterocycles. The van der Waals surface area contributed by atoms with Gasteiger partial charge in [-0.2, -0.15) is 0 Å². The molecule has 0 heterocycles. The minimum atomic E-state index is -0.260. The van der Waals surface area contributed by atoms with E-state index in [9.17, 15) is 4.39 Å². The van der Waals surface area contributed by atoms with E-state index in [-0.39, 0.29) is 5.82 Å². The Bertz CT molecular complexity index is 332. The summed E-state index contributed by atoms with van der Waals surface area (Å²) in [5.41, 5.74) is 1.21. The van der Waals surface area contributed by atoms with Gasteiger partial charge in [0.1, 0.15) is 11.7 Å². The van der Waals surface area contributed by atoms with E-state index in [1.807, 2.05) is 0 Å². The molecule has 2 nitrogen and oxygen atoms in total. The number of hydrogen-bond acceptors (Lipinski definition) is 1. The largest absolute Gasteiger partial charge is 0.363 e. The van der Waals surface area contributed by atoms with Gasteiger partial charge >= 0.3 is 0 Å². The second-order valence-corrected chi connectivity index (χ2v) is 3.21. The molecule has 1 aromatic rings. The van der Waals surface area contributed by atoms with Crippen LogP contribution in [0, 0.1) is 18.2 Å². The minimum Gasteiger partial charge on any atom is -0.363 e. The van der Waals surface area contributed by atoms with Crippen LogP contribution in [0.1, 0.15) is 11.1 Å². The van der Waals surface area contributed by atoms with Crippen molar-refractivity contribution >= 4 is 5.84 Å². The molecule has 1 N–H and O–H groups in total. The number of benzene rings is 1. The number of rotatable bonds is 1. The molecule has 0 unspecified atom stereocenters. The molecule has 0 atom stereocenters. The van der Waals surface area contributed by atoms with Crippen LogP contribution in [-0.2, 0) is 0 Å². The lowest BCUT2D eigenvalue weighted by Crippen LogP contribution is -2.21. The normalized spacial score (nSPS) is 9.85. The molecule has 1 rings (SSSR count). The highest BCUT2D eigenvalue weighted by Gasteiger charge is 2.05. The minimum absolute atomic E-state index is 0.260. The van der Waals surface area contributed by atoms with Crippen LogP contribution in [0.4, 0.5) is 4.39 Å². The van der Waals surface area contributed by atoms with Gasteiger partial charge in [0.2, 0.25) is 0 Å². The van der Waals surface area contributed by atoms with Gasteiger partial charge in [0.25, 0.3) is 0 Å². The predicted octanol–water partition coefficient (Wildman–Crippen LogP) is 2.02. The van der Waals surface area contributed by atoms with Gasteiger partial charge < -0.3 is 4.90 Å². The van der Waals surface area contributed by atoms with Gasteiger partial charge in [-0.3, -0.25) is 5.41 Å². The van der Waals surface area contributed by atoms with Crippen LogP contribution in [0.25, 0.3) is 0 Å². The first-order valence-corrected chi connectivity index (χ1v) is 4.05. The average molecular weight is 180 g/mol. The van der Waals surface area contributed by atoms with Crippen molar-refractivity contribution in [1.82, 2.24) is 4.90 Å². The maximum Gasteiger partial charge on any atom is 0.127 e. The molecule has 0 aromatic heterocycles. The lowest BCUT2D eigenvalue weighted by atomic mass is 10.1. The molecule has 0 bridgehead atoms. The molecular weight excluding hydrogens is 167 g/mol. The quantitative estimate of drug-likeness (QED) is 0.519. The molecule has 13 heavy (non-hydrogen) atoms. The van der Waals surface area contributed by atoms with Gasteiger partial charge in [0.05, 0.1) is 0 Å². The summed E-state index contributed by atoms with van der Waals surface area (Å²) in [6.07, 6.45) is 0. The maximum absolute atomic E-state index is 13.1. The smallest absolute Gasteiger partial charge is 0.127 e. The number of nitrogens with zero attached hydrogens (tertiary/aromatic N) is 1. The fraction of sp³-hybridized carbons (Fsp3) is 0.300. The number of hydrogen-bond donors (Lipinski definition) is 1. The van der Waals surface area contributed by atoms with Gasteiger partial charge in [0, 0.05) is 19.7 Å². The molecule has 0 fully saturated rings. The van der Waals surface area contributed by atoms with Crippen molar-refractivity contribution in [3.63, 3.8) is 0 Å². The predicted molar refractivity (Wildman–Crippen MR) is 51.7 cm³/mol. The Morgan fingerprint density at radius 2 is 2.00 bits per heavy atom. The summed E-state index contributed by atoms with van der Waals surface area (Å²) in [4.78, 5) is 1.64. The SMILES string of the molecule is Cc1ccc(C(=N)N(C)C)cc1F. The van der Waals surface area contributed by atoms with E-state index in [0.29, 0.717) is 17.0 Å². The van der Waals surface area contributed by atoms with E-state index in [1.54, 1.807) is 38.1 Å². The zero-order valence-corrected chi connectivity index (χ0v) is 8.06. The summed E-state index contributed by atoms with van der Waals surface area (Å²) >= 11 is 0. The number of aryl methyl sites for hydroxylation is 1. The van der Waals surface area contributed by atoms with Crippen molar-refractivity contribution in [1.29, 1.82) is 5.41 Å². The van der Waals surface area contributed by atoms with Crippen molar-refractivity contribution in [3.05, 3.63) is 35.1 Å². The van der Waals surface area contributed by atoms with Gasteiger partial charge in [-0.1, -0.05) is 12.1 Å². The van der Waals surface area contributed by atoms with Crippen LogP contribution in [0.3, 0.4) is 0 Å². The molecule has 0 radical (unpaired) electrons. The third kappa shape index (κ3) is 2.05. The Hall–Kier alpha value is -1.38. The summed E-state index contributed by atoms with van der Waals surface area (Å²) in [6.45, 7) is 1.71. The highest BCUT2D eigenvalue weighted by atomic mass is 19.1. The number of amidine groups is 1. The Morgan fingerprint density at radius 3 is 2.46 bits per heavy atom. The maximum atomic E-state index is 13.1. The Kier molecular flexibility index (Phi) is 2.66. The highest BCUT2D eigenvalue weighted by Crippen LogP contribution is 2.10. The summed E-state index contributed by atoms with van der Waals surface area (Å²) in [5.74, 6) is 0.0583. The first kappa shape index (κ1) is 9.71. The van der Waals surface area contributed by atoms with Crippen molar-refractivity contribution < 1.29 is 4.39 Å². The molecule has 0 saturated carbocycles. The van der Waals surface area contributed by atoms with Crippen LogP contribution >= 0.6 is 0 Å². The third-order valence-corrected chi connectivity index (χ3v) is 1.89. The average Bonchev–Trinajstić information content (AvgIpc) is 2.08. The van der Waals surface area contributed by atoms with E-state index < -0.39 is 0 Å². The molecule has 0 aliphatic rings. The molecule has 0 saturated heterocycles. The van der Waals surface area contributed by atoms with Crippen LogP contribution in [0.2, 0.25) is 0 Å². The number of nitrogens with one attached hydrogen (secondary N) is 1. The first-order valence-electron chi connectivity index (χ1n) is 4.05. The van der Waals surface area contributed by atoms with E-state index in [1.165, 1.54) is 6.07 Å². The number of halogens is 1. The van der Waals surface area contributed by atoms with Crippen LogP contribution in [0.5, 0.6) is 0 Å². The summed E-state index contributed by atoms with van der Waals surface area (Å²) in [5, 5.41) is 7.61. The van der Waals surface area contributed by atoms with Crippen molar-refractivity contribution in [2.75, 3.05) is 14.1 Å². The molecule has 1 aromatic carbocycles. The lowest BCUT2D eigenvalue weighted by Gasteiger charge is -2.13. The fourth-order valence-electron chi connectivity index (χ4n) is 0.998. The van der Waals surface area contributed by atoms with E-state index in [2.05, 4.69) is 0 Å².